The van der Waals surface area contributed by atoms with Crippen molar-refractivity contribution in [2.45, 2.75) is 132 Å². The maximum Gasteiger partial charge on any atom is 0.230 e. The molecule has 1 N–H and O–H groups in total. The highest BCUT2D eigenvalue weighted by atomic mass is 16.2. The zero-order valence-corrected chi connectivity index (χ0v) is 33.4. The Morgan fingerprint density at radius 3 is 1.96 bits per heavy atom. The number of ketones is 1. The highest BCUT2D eigenvalue weighted by Gasteiger charge is 2.42. The summed E-state index contributed by atoms with van der Waals surface area (Å²) in [6, 6.07) is 17.1. The Kier molecular flexibility index (Phi) is 13.9. The summed E-state index contributed by atoms with van der Waals surface area (Å²) in [6.07, 6.45) is 17.4. The number of hydrogen-bond acceptors (Lipinski definition) is 3. The normalized spacial score (nSPS) is 16.8. The van der Waals surface area contributed by atoms with E-state index in [1.54, 1.807) is 0 Å². The Hall–Kier alpha value is -3.66. The lowest BCUT2D eigenvalue weighted by Gasteiger charge is -2.33. The monoisotopic (exact) mass is 679 g/mol. The smallest absolute Gasteiger partial charge is 0.230 e. The largest absolute Gasteiger partial charge is 0.337 e. The average molecular weight is 679 g/mol. The zero-order valence-electron chi connectivity index (χ0n) is 33.4. The van der Waals surface area contributed by atoms with E-state index < -0.39 is 5.41 Å². The first-order valence-electron chi connectivity index (χ1n) is 19.2. The summed E-state index contributed by atoms with van der Waals surface area (Å²) in [5.74, 6) is 0.614. The van der Waals surface area contributed by atoms with Crippen LogP contribution in [-0.4, -0.2) is 18.2 Å². The molecule has 272 valence electrons. The molecule has 1 aliphatic heterocycles. The SMILES string of the molecule is CCC(CC)(CC)C(=O)CN1/C(=C/C=C/C(=C/C=C/C(C)C(C)(C)c2ccccc2C)NC(=O)C(CC)(CC)CC)C(C)(C)c2ccccc21. The van der Waals surface area contributed by atoms with Crippen LogP contribution in [0.15, 0.2) is 96.4 Å². The van der Waals surface area contributed by atoms with Crippen LogP contribution in [0.3, 0.4) is 0 Å². The van der Waals surface area contributed by atoms with Gasteiger partial charge < -0.3 is 10.2 Å². The van der Waals surface area contributed by atoms with Gasteiger partial charge in [-0.15, -0.1) is 0 Å². The molecule has 0 fully saturated rings. The molecular formula is C46H66N2O2. The van der Waals surface area contributed by atoms with Gasteiger partial charge in [-0.3, -0.25) is 9.59 Å². The van der Waals surface area contributed by atoms with E-state index in [0.29, 0.717) is 12.3 Å². The van der Waals surface area contributed by atoms with Crippen LogP contribution < -0.4 is 10.2 Å². The number of anilines is 1. The molecule has 0 bridgehead atoms. The molecule has 0 aromatic heterocycles. The fourth-order valence-electron chi connectivity index (χ4n) is 7.95. The minimum atomic E-state index is -0.411. The summed E-state index contributed by atoms with van der Waals surface area (Å²) < 4.78 is 0. The van der Waals surface area contributed by atoms with Crippen LogP contribution >= 0.6 is 0 Å². The summed E-state index contributed by atoms with van der Waals surface area (Å²) in [5, 5.41) is 3.30. The Morgan fingerprint density at radius 1 is 0.820 bits per heavy atom. The van der Waals surface area contributed by atoms with Crippen molar-refractivity contribution in [3.8, 4) is 0 Å². The molecule has 2 aromatic carbocycles. The number of amides is 1. The lowest BCUT2D eigenvalue weighted by molar-refractivity contribution is -0.131. The number of para-hydroxylation sites is 1. The standard InChI is InChI=1S/C46H66N2O2/c1-13-45(14-2,15-3)41(49)33-48-39-31-22-21-30-38(39)44(11,12)40(48)32-24-28-36(47-42(50)46(16-4,17-5)18-6)27-23-26-35(8)43(9,10)37-29-20-19-25-34(37)7/h19-32,35H,13-18,33H2,1-12H3,(H,47,50)/b26-23+,28-24+,36-27-,40-32+. The molecule has 0 saturated carbocycles. The number of nitrogens with zero attached hydrogens (tertiary/aromatic N) is 1. The van der Waals surface area contributed by atoms with Crippen molar-refractivity contribution in [2.24, 2.45) is 16.7 Å². The van der Waals surface area contributed by atoms with Crippen molar-refractivity contribution in [1.82, 2.24) is 5.32 Å². The van der Waals surface area contributed by atoms with Crippen LogP contribution in [0.1, 0.15) is 131 Å². The van der Waals surface area contributed by atoms with Gasteiger partial charge >= 0.3 is 0 Å². The zero-order chi connectivity index (χ0) is 37.3. The van der Waals surface area contributed by atoms with Gasteiger partial charge in [-0.2, -0.15) is 0 Å². The molecule has 1 unspecified atom stereocenters. The fourth-order valence-corrected chi connectivity index (χ4v) is 7.95. The highest BCUT2D eigenvalue weighted by molar-refractivity contribution is 5.91. The van der Waals surface area contributed by atoms with Gasteiger partial charge in [0.1, 0.15) is 0 Å². The Balaban J connectivity index is 2.05. The van der Waals surface area contributed by atoms with Crippen LogP contribution in [0.5, 0.6) is 0 Å². The molecule has 0 radical (unpaired) electrons. The first kappa shape index (κ1) is 40.8. The number of carbonyl (C=O) groups is 2. The topological polar surface area (TPSA) is 49.4 Å². The third-order valence-corrected chi connectivity index (χ3v) is 12.7. The van der Waals surface area contributed by atoms with Crippen LogP contribution in [-0.2, 0) is 20.4 Å². The van der Waals surface area contributed by atoms with Crippen molar-refractivity contribution in [3.63, 3.8) is 0 Å². The van der Waals surface area contributed by atoms with Gasteiger partial charge in [-0.1, -0.05) is 137 Å². The summed E-state index contributed by atoms with van der Waals surface area (Å²) in [5.41, 5.74) is 5.72. The minimum Gasteiger partial charge on any atom is -0.337 e. The van der Waals surface area contributed by atoms with E-state index in [1.807, 2.05) is 18.2 Å². The van der Waals surface area contributed by atoms with Gasteiger partial charge in [0.15, 0.2) is 5.78 Å². The maximum atomic E-state index is 14.0. The average Bonchev–Trinajstić information content (AvgIpc) is 3.31. The summed E-state index contributed by atoms with van der Waals surface area (Å²) in [6.45, 7) is 26.6. The van der Waals surface area contributed by atoms with E-state index in [1.165, 1.54) is 16.7 Å². The summed E-state index contributed by atoms with van der Waals surface area (Å²) >= 11 is 0. The van der Waals surface area contributed by atoms with E-state index in [0.717, 1.165) is 55.6 Å². The molecule has 1 heterocycles. The van der Waals surface area contributed by atoms with E-state index in [9.17, 15) is 9.59 Å². The molecule has 2 aromatic rings. The van der Waals surface area contributed by atoms with Crippen molar-refractivity contribution in [1.29, 1.82) is 0 Å². The lowest BCUT2D eigenvalue weighted by atomic mass is 9.72. The number of Topliss-reactive ketones (excluding diaryl/α,β-unsaturated/α-hetero) is 1. The predicted molar refractivity (Wildman–Crippen MR) is 214 cm³/mol. The number of hydrogen-bond donors (Lipinski definition) is 1. The maximum absolute atomic E-state index is 14.0. The second-order valence-corrected chi connectivity index (χ2v) is 15.5. The molecule has 1 atom stereocenters. The Bertz CT molecular complexity index is 1580. The highest BCUT2D eigenvalue weighted by Crippen LogP contribution is 2.48. The second-order valence-electron chi connectivity index (χ2n) is 15.5. The van der Waals surface area contributed by atoms with Crippen molar-refractivity contribution in [3.05, 3.63) is 113 Å². The quantitative estimate of drug-likeness (QED) is 0.169. The van der Waals surface area contributed by atoms with Gasteiger partial charge in [0.2, 0.25) is 5.91 Å². The third kappa shape index (κ3) is 8.27. The Morgan fingerprint density at radius 2 is 1.38 bits per heavy atom. The van der Waals surface area contributed by atoms with Crippen LogP contribution in [0.4, 0.5) is 5.69 Å². The number of aryl methyl sites for hydroxylation is 1. The van der Waals surface area contributed by atoms with Crippen molar-refractivity contribution >= 4 is 17.4 Å². The predicted octanol–water partition coefficient (Wildman–Crippen LogP) is 11.7. The van der Waals surface area contributed by atoms with Gasteiger partial charge in [-0.25, -0.2) is 0 Å². The van der Waals surface area contributed by atoms with Crippen LogP contribution in [0, 0.1) is 23.7 Å². The molecule has 0 saturated heterocycles. The van der Waals surface area contributed by atoms with E-state index in [-0.39, 0.29) is 28.1 Å². The molecule has 0 spiro atoms. The van der Waals surface area contributed by atoms with Gasteiger partial charge in [0.25, 0.3) is 0 Å². The molecule has 0 aliphatic carbocycles. The number of allylic oxidation sites excluding steroid dienone is 7. The second kappa shape index (κ2) is 17.0. The van der Waals surface area contributed by atoms with E-state index in [2.05, 4.69) is 160 Å². The molecule has 4 nitrogen and oxygen atoms in total. The number of benzene rings is 2. The van der Waals surface area contributed by atoms with Crippen LogP contribution in [0.2, 0.25) is 0 Å². The summed E-state index contributed by atoms with van der Waals surface area (Å²) in [7, 11) is 0. The fraction of sp³-hybridized carbons (Fsp3) is 0.522. The summed E-state index contributed by atoms with van der Waals surface area (Å²) in [4.78, 5) is 30.0. The number of rotatable bonds is 17. The lowest BCUT2D eigenvalue weighted by Crippen LogP contribution is -2.39. The Labute approximate surface area is 305 Å². The number of nitrogens with one attached hydrogen (secondary N) is 1. The van der Waals surface area contributed by atoms with E-state index >= 15 is 0 Å². The van der Waals surface area contributed by atoms with Crippen molar-refractivity contribution < 1.29 is 9.59 Å². The molecular weight excluding hydrogens is 613 g/mol. The first-order chi connectivity index (χ1) is 23.6. The van der Waals surface area contributed by atoms with Gasteiger partial charge in [0, 0.05) is 33.3 Å². The molecule has 3 rings (SSSR count). The van der Waals surface area contributed by atoms with Crippen LogP contribution in [0.25, 0.3) is 0 Å². The number of carbonyl (C=O) groups excluding carboxylic acids is 2. The van der Waals surface area contributed by atoms with E-state index in [4.69, 9.17) is 0 Å². The van der Waals surface area contributed by atoms with Gasteiger partial charge in [-0.05, 0) is 97.8 Å². The van der Waals surface area contributed by atoms with Gasteiger partial charge in [0.05, 0.1) is 6.54 Å². The third-order valence-electron chi connectivity index (χ3n) is 12.7. The molecule has 1 aliphatic rings. The molecule has 4 heteroatoms. The van der Waals surface area contributed by atoms with Crippen molar-refractivity contribution in [2.75, 3.05) is 11.4 Å². The minimum absolute atomic E-state index is 0.0595. The molecule has 50 heavy (non-hydrogen) atoms. The molecule has 1 amide bonds. The first-order valence-corrected chi connectivity index (χ1v) is 19.2. The number of fused-ring (bicyclic) bond motifs is 1.